The van der Waals surface area contributed by atoms with E-state index in [1.807, 2.05) is 13.8 Å². The van der Waals surface area contributed by atoms with Crippen molar-refractivity contribution in [1.29, 1.82) is 0 Å². The minimum absolute atomic E-state index is 0.0417. The number of rotatable bonds is 0. The minimum Gasteiger partial charge on any atom is -0.505 e. The van der Waals surface area contributed by atoms with E-state index in [2.05, 4.69) is 15.3 Å². The second-order valence-corrected chi connectivity index (χ2v) is 7.40. The Bertz CT molecular complexity index is 930. The summed E-state index contributed by atoms with van der Waals surface area (Å²) in [6.07, 6.45) is -1.51. The number of phenols is 2. The molecule has 0 saturated heterocycles. The fraction of sp³-hybridized carbons (Fsp3) is 0.474. The van der Waals surface area contributed by atoms with Crippen molar-refractivity contribution in [3.8, 4) is 11.5 Å². The lowest BCUT2D eigenvalue weighted by Gasteiger charge is -2.36. The molecular formula is C19H23N3O4. The van der Waals surface area contributed by atoms with E-state index in [4.69, 9.17) is 0 Å². The Kier molecular flexibility index (Phi) is 3.65. The number of nitrogens with one attached hydrogen (secondary N) is 1. The van der Waals surface area contributed by atoms with Gasteiger partial charge in [0, 0.05) is 12.0 Å². The topological polar surface area (TPSA) is 118 Å². The third-order valence-electron chi connectivity index (χ3n) is 5.88. The van der Waals surface area contributed by atoms with Crippen LogP contribution in [0.25, 0.3) is 0 Å². The fourth-order valence-electron chi connectivity index (χ4n) is 3.82. The van der Waals surface area contributed by atoms with E-state index in [1.165, 1.54) is 0 Å². The second kappa shape index (κ2) is 5.56. The van der Waals surface area contributed by atoms with E-state index < -0.39 is 12.2 Å². The zero-order valence-corrected chi connectivity index (χ0v) is 15.2. The molecule has 0 fully saturated rings. The highest BCUT2D eigenvalue weighted by Crippen LogP contribution is 2.42. The van der Waals surface area contributed by atoms with Crippen LogP contribution in [-0.2, 0) is 6.42 Å². The summed E-state index contributed by atoms with van der Waals surface area (Å²) in [5.74, 6) is -0.132. The zero-order chi connectivity index (χ0) is 18.9. The van der Waals surface area contributed by atoms with Crippen LogP contribution >= 0.6 is 0 Å². The molecule has 4 unspecified atom stereocenters. The van der Waals surface area contributed by atoms with Crippen molar-refractivity contribution in [3.05, 3.63) is 38.7 Å². The number of hydrogen-bond donors (Lipinski definition) is 5. The minimum atomic E-state index is -0.889. The molecule has 0 radical (unpaired) electrons. The van der Waals surface area contributed by atoms with Crippen LogP contribution in [0.2, 0.25) is 0 Å². The number of benzene rings is 1. The summed E-state index contributed by atoms with van der Waals surface area (Å²) in [6.45, 7) is 7.36. The van der Waals surface area contributed by atoms with Gasteiger partial charge in [-0.3, -0.25) is 9.98 Å². The molecule has 4 rings (SSSR count). The lowest BCUT2D eigenvalue weighted by Crippen LogP contribution is -2.40. The van der Waals surface area contributed by atoms with Crippen molar-refractivity contribution in [1.82, 2.24) is 0 Å². The molecule has 5 N–H and O–H groups in total. The van der Waals surface area contributed by atoms with Crippen molar-refractivity contribution >= 4 is 5.69 Å². The Balaban J connectivity index is 1.94. The molecule has 0 aromatic heterocycles. The molecule has 7 heteroatoms. The lowest BCUT2D eigenvalue weighted by molar-refractivity contribution is 0.200. The van der Waals surface area contributed by atoms with Crippen molar-refractivity contribution in [2.24, 2.45) is 9.98 Å². The molecule has 2 aliphatic heterocycles. The summed E-state index contributed by atoms with van der Waals surface area (Å²) < 4.78 is 0. The predicted octanol–water partition coefficient (Wildman–Crippen LogP) is 0.421. The van der Waals surface area contributed by atoms with Gasteiger partial charge in [0.1, 0.15) is 22.6 Å². The maximum atomic E-state index is 10.8. The van der Waals surface area contributed by atoms with Gasteiger partial charge in [-0.05, 0) is 44.4 Å². The summed E-state index contributed by atoms with van der Waals surface area (Å²) in [5.41, 5.74) is 3.20. The average Bonchev–Trinajstić information content (AvgIpc) is 2.63. The first-order chi connectivity index (χ1) is 12.2. The Hall–Kier alpha value is -2.38. The molecule has 0 bridgehead atoms. The van der Waals surface area contributed by atoms with Crippen LogP contribution in [-0.4, -0.2) is 44.7 Å². The molecule has 0 amide bonds. The van der Waals surface area contributed by atoms with E-state index in [-0.39, 0.29) is 40.7 Å². The van der Waals surface area contributed by atoms with Crippen LogP contribution in [0.1, 0.15) is 33.3 Å². The molecule has 1 aliphatic carbocycles. The molecule has 2 heterocycles. The molecule has 4 atom stereocenters. The third-order valence-corrected chi connectivity index (χ3v) is 5.88. The van der Waals surface area contributed by atoms with Gasteiger partial charge in [0.05, 0.1) is 29.6 Å². The van der Waals surface area contributed by atoms with Crippen LogP contribution in [0.3, 0.4) is 0 Å². The van der Waals surface area contributed by atoms with Crippen LogP contribution in [0, 0.1) is 0 Å². The molecule has 1 aromatic rings. The van der Waals surface area contributed by atoms with Gasteiger partial charge >= 0.3 is 0 Å². The third kappa shape index (κ3) is 2.13. The SMILES string of the molecule is CC1=C(C)C(O)C2=C(Cc3c(c(O)c4c(c3O)=NC(C)C(C)N=4)N2)C1O. The standard InChI is InChI=1S/C19H23N3O4/c1-6-7(2)17(24)12-10(16(6)23)5-11-13(22-12)19(26)15-14(18(11)25)20-8(3)9(4)21-15/h8-9,16-17,22-26H,5H2,1-4H3. The largest absolute Gasteiger partial charge is 0.505 e. The number of aliphatic hydroxyl groups excluding tert-OH is 2. The van der Waals surface area contributed by atoms with Gasteiger partial charge < -0.3 is 25.7 Å². The summed E-state index contributed by atoms with van der Waals surface area (Å²) in [6, 6.07) is -0.216. The number of aliphatic hydroxyl groups is 2. The van der Waals surface area contributed by atoms with Crippen molar-refractivity contribution in [3.63, 3.8) is 0 Å². The lowest BCUT2D eigenvalue weighted by atomic mass is 9.81. The first-order valence-corrected chi connectivity index (χ1v) is 8.78. The van der Waals surface area contributed by atoms with Crippen LogP contribution < -0.4 is 16.0 Å². The summed E-state index contributed by atoms with van der Waals surface area (Å²) in [7, 11) is 0. The van der Waals surface area contributed by atoms with Crippen molar-refractivity contribution in [2.45, 2.75) is 58.4 Å². The second-order valence-electron chi connectivity index (χ2n) is 7.40. The molecule has 26 heavy (non-hydrogen) atoms. The van der Waals surface area contributed by atoms with Gasteiger partial charge in [-0.15, -0.1) is 0 Å². The van der Waals surface area contributed by atoms with Gasteiger partial charge in [-0.1, -0.05) is 0 Å². The average molecular weight is 357 g/mol. The molecule has 138 valence electrons. The Morgan fingerprint density at radius 3 is 2.04 bits per heavy atom. The molecule has 7 nitrogen and oxygen atoms in total. The Labute approximate surface area is 150 Å². The van der Waals surface area contributed by atoms with Gasteiger partial charge in [0.2, 0.25) is 0 Å². The van der Waals surface area contributed by atoms with Crippen LogP contribution in [0.5, 0.6) is 11.5 Å². The first kappa shape index (κ1) is 17.1. The first-order valence-electron chi connectivity index (χ1n) is 8.78. The summed E-state index contributed by atoms with van der Waals surface area (Å²) in [5, 5.41) is 46.3. The van der Waals surface area contributed by atoms with Crippen molar-refractivity contribution in [2.75, 3.05) is 5.32 Å². The maximum absolute atomic E-state index is 10.8. The molecule has 3 aliphatic rings. The fourth-order valence-corrected chi connectivity index (χ4v) is 3.82. The van der Waals surface area contributed by atoms with E-state index in [0.29, 0.717) is 33.7 Å². The van der Waals surface area contributed by atoms with E-state index >= 15 is 0 Å². The number of aromatic hydroxyl groups is 2. The van der Waals surface area contributed by atoms with Crippen molar-refractivity contribution < 1.29 is 20.4 Å². The molecular weight excluding hydrogens is 334 g/mol. The molecule has 0 saturated carbocycles. The molecule has 0 spiro atoms. The number of anilines is 1. The monoisotopic (exact) mass is 357 g/mol. The maximum Gasteiger partial charge on any atom is 0.167 e. The van der Waals surface area contributed by atoms with Gasteiger partial charge in [-0.25, -0.2) is 0 Å². The molecule has 1 aromatic carbocycles. The number of hydrogen-bond acceptors (Lipinski definition) is 7. The van der Waals surface area contributed by atoms with Gasteiger partial charge in [0.25, 0.3) is 0 Å². The number of nitrogens with zero attached hydrogens (tertiary/aromatic N) is 2. The summed E-state index contributed by atoms with van der Waals surface area (Å²) in [4.78, 5) is 8.97. The van der Waals surface area contributed by atoms with E-state index in [1.54, 1.807) is 13.8 Å². The van der Waals surface area contributed by atoms with E-state index in [0.717, 1.165) is 0 Å². The van der Waals surface area contributed by atoms with Crippen LogP contribution in [0.15, 0.2) is 32.4 Å². The van der Waals surface area contributed by atoms with Gasteiger partial charge in [0.15, 0.2) is 5.75 Å². The predicted molar refractivity (Wildman–Crippen MR) is 95.7 cm³/mol. The highest BCUT2D eigenvalue weighted by molar-refractivity contribution is 5.73. The van der Waals surface area contributed by atoms with Crippen LogP contribution in [0.4, 0.5) is 5.69 Å². The van der Waals surface area contributed by atoms with Gasteiger partial charge in [-0.2, -0.15) is 0 Å². The Morgan fingerprint density at radius 1 is 0.885 bits per heavy atom. The van der Waals surface area contributed by atoms with E-state index in [9.17, 15) is 20.4 Å². The number of phenolic OH excluding ortho intramolecular Hbond substituents is 2. The normalized spacial score (nSPS) is 29.9. The number of fused-ring (bicyclic) bond motifs is 2. The highest BCUT2D eigenvalue weighted by atomic mass is 16.3. The highest BCUT2D eigenvalue weighted by Gasteiger charge is 2.37. The quantitative estimate of drug-likeness (QED) is 0.262. The summed E-state index contributed by atoms with van der Waals surface area (Å²) >= 11 is 0. The smallest absolute Gasteiger partial charge is 0.167 e. The Morgan fingerprint density at radius 2 is 1.42 bits per heavy atom. The zero-order valence-electron chi connectivity index (χ0n) is 15.2.